The normalized spacial score (nSPS) is 27.2. The van der Waals surface area contributed by atoms with E-state index in [-0.39, 0.29) is 18.9 Å². The summed E-state index contributed by atoms with van der Waals surface area (Å²) in [6.45, 7) is 0. The van der Waals surface area contributed by atoms with E-state index >= 15 is 0 Å². The Morgan fingerprint density at radius 2 is 1.38 bits per heavy atom. The summed E-state index contributed by atoms with van der Waals surface area (Å²) in [7, 11) is 0. The third kappa shape index (κ3) is 2.70. The van der Waals surface area contributed by atoms with Crippen LogP contribution in [0.25, 0.3) is 0 Å². The molecule has 1 nitrogen and oxygen atoms in total. The van der Waals surface area contributed by atoms with Gasteiger partial charge < -0.3 is 5.32 Å². The Kier molecular flexibility index (Phi) is 3.48. The predicted molar refractivity (Wildman–Crippen MR) is 57.3 cm³/mol. The highest BCUT2D eigenvalue weighted by atomic mass is 19.4. The molecule has 0 radical (unpaired) electrons. The number of rotatable bonds is 2. The average molecular weight is 235 g/mol. The van der Waals surface area contributed by atoms with Gasteiger partial charge in [0.1, 0.15) is 5.54 Å². The van der Waals surface area contributed by atoms with Crippen molar-refractivity contribution in [2.75, 3.05) is 0 Å². The van der Waals surface area contributed by atoms with E-state index in [9.17, 15) is 13.2 Å². The van der Waals surface area contributed by atoms with Crippen molar-refractivity contribution >= 4 is 0 Å². The Hall–Kier alpha value is -0.250. The molecule has 0 aliphatic heterocycles. The number of halogens is 3. The summed E-state index contributed by atoms with van der Waals surface area (Å²) < 4.78 is 38.3. The van der Waals surface area contributed by atoms with Gasteiger partial charge in [0.05, 0.1) is 0 Å². The van der Waals surface area contributed by atoms with Crippen molar-refractivity contribution in [3.05, 3.63) is 0 Å². The first-order chi connectivity index (χ1) is 7.54. The maximum Gasteiger partial charge on any atom is 0.406 e. The van der Waals surface area contributed by atoms with Crippen LogP contribution in [0, 0.1) is 0 Å². The highest BCUT2D eigenvalue weighted by Crippen LogP contribution is 2.49. The molecule has 2 rings (SSSR count). The molecular formula is C12H20F3N. The maximum absolute atomic E-state index is 12.8. The van der Waals surface area contributed by atoms with Gasteiger partial charge in [0.15, 0.2) is 0 Å². The van der Waals surface area contributed by atoms with Crippen LogP contribution in [0.1, 0.15) is 57.8 Å². The molecular weight excluding hydrogens is 215 g/mol. The van der Waals surface area contributed by atoms with Gasteiger partial charge in [-0.1, -0.05) is 32.1 Å². The van der Waals surface area contributed by atoms with Crippen molar-refractivity contribution in [2.24, 2.45) is 0 Å². The van der Waals surface area contributed by atoms with E-state index in [1.807, 2.05) is 0 Å². The van der Waals surface area contributed by atoms with Gasteiger partial charge in [0.2, 0.25) is 0 Å². The van der Waals surface area contributed by atoms with Crippen molar-refractivity contribution in [1.82, 2.24) is 5.32 Å². The van der Waals surface area contributed by atoms with Gasteiger partial charge in [0, 0.05) is 6.04 Å². The Bertz CT molecular complexity index is 225. The van der Waals surface area contributed by atoms with E-state index in [2.05, 4.69) is 5.32 Å². The van der Waals surface area contributed by atoms with Crippen molar-refractivity contribution in [2.45, 2.75) is 75.5 Å². The quantitative estimate of drug-likeness (QED) is 0.768. The first kappa shape index (κ1) is 12.2. The zero-order valence-electron chi connectivity index (χ0n) is 9.58. The number of alkyl halides is 3. The molecule has 94 valence electrons. The summed E-state index contributed by atoms with van der Waals surface area (Å²) in [5, 5.41) is 2.89. The summed E-state index contributed by atoms with van der Waals surface area (Å²) in [5.74, 6) is 0. The number of hydrogen-bond acceptors (Lipinski definition) is 1. The fraction of sp³-hybridized carbons (Fsp3) is 1.00. The second kappa shape index (κ2) is 4.55. The van der Waals surface area contributed by atoms with E-state index in [1.165, 1.54) is 19.3 Å². The maximum atomic E-state index is 12.8. The van der Waals surface area contributed by atoms with Crippen LogP contribution < -0.4 is 5.32 Å². The van der Waals surface area contributed by atoms with Crippen LogP contribution in [-0.2, 0) is 0 Å². The minimum Gasteiger partial charge on any atom is -0.301 e. The SMILES string of the molecule is FC(F)(F)C1(NC2CCCCCCC2)CC1. The van der Waals surface area contributed by atoms with Crippen LogP contribution >= 0.6 is 0 Å². The van der Waals surface area contributed by atoms with Crippen LogP contribution in [0.2, 0.25) is 0 Å². The van der Waals surface area contributed by atoms with Gasteiger partial charge in [-0.2, -0.15) is 13.2 Å². The first-order valence-corrected chi connectivity index (χ1v) is 6.38. The highest BCUT2D eigenvalue weighted by Gasteiger charge is 2.63. The smallest absolute Gasteiger partial charge is 0.301 e. The molecule has 0 aromatic carbocycles. The third-order valence-electron chi connectivity index (χ3n) is 3.88. The topological polar surface area (TPSA) is 12.0 Å². The Balaban J connectivity index is 1.88. The molecule has 0 aromatic heterocycles. The summed E-state index contributed by atoms with van der Waals surface area (Å²) in [6.07, 6.45) is 4.06. The fourth-order valence-electron chi connectivity index (χ4n) is 2.63. The van der Waals surface area contributed by atoms with Crippen LogP contribution in [0.3, 0.4) is 0 Å². The molecule has 0 atom stereocenters. The van der Waals surface area contributed by atoms with Crippen LogP contribution in [-0.4, -0.2) is 17.8 Å². The molecule has 0 unspecified atom stereocenters. The lowest BCUT2D eigenvalue weighted by atomic mass is 9.96. The van der Waals surface area contributed by atoms with Crippen LogP contribution in [0.15, 0.2) is 0 Å². The van der Waals surface area contributed by atoms with E-state index in [4.69, 9.17) is 0 Å². The lowest BCUT2D eigenvalue weighted by molar-refractivity contribution is -0.168. The zero-order valence-corrected chi connectivity index (χ0v) is 9.58. The van der Waals surface area contributed by atoms with E-state index in [0.29, 0.717) is 0 Å². The largest absolute Gasteiger partial charge is 0.406 e. The van der Waals surface area contributed by atoms with Crippen molar-refractivity contribution in [1.29, 1.82) is 0 Å². The second-order valence-corrected chi connectivity index (χ2v) is 5.27. The monoisotopic (exact) mass is 235 g/mol. The molecule has 0 aromatic rings. The number of nitrogens with one attached hydrogen (secondary N) is 1. The summed E-state index contributed by atoms with van der Waals surface area (Å²) in [5.41, 5.74) is -1.52. The molecule has 0 heterocycles. The van der Waals surface area contributed by atoms with Gasteiger partial charge in [-0.05, 0) is 25.7 Å². The lowest BCUT2D eigenvalue weighted by Crippen LogP contribution is -2.49. The lowest BCUT2D eigenvalue weighted by Gasteiger charge is -2.28. The average Bonchev–Trinajstić information content (AvgIpc) is 2.89. The summed E-state index contributed by atoms with van der Waals surface area (Å²) in [6, 6.07) is 0.0874. The molecule has 0 bridgehead atoms. The van der Waals surface area contributed by atoms with Gasteiger partial charge in [0.25, 0.3) is 0 Å². The van der Waals surface area contributed by atoms with E-state index < -0.39 is 11.7 Å². The minimum absolute atomic E-state index is 0.0874. The van der Waals surface area contributed by atoms with E-state index in [1.54, 1.807) is 0 Å². The second-order valence-electron chi connectivity index (χ2n) is 5.27. The molecule has 4 heteroatoms. The fourth-order valence-corrected chi connectivity index (χ4v) is 2.63. The van der Waals surface area contributed by atoms with Crippen molar-refractivity contribution in [3.8, 4) is 0 Å². The van der Waals surface area contributed by atoms with Crippen molar-refractivity contribution in [3.63, 3.8) is 0 Å². The van der Waals surface area contributed by atoms with Crippen molar-refractivity contribution < 1.29 is 13.2 Å². The predicted octanol–water partition coefficient (Wildman–Crippen LogP) is 3.78. The highest BCUT2D eigenvalue weighted by molar-refractivity contribution is 5.09. The van der Waals surface area contributed by atoms with E-state index in [0.717, 1.165) is 25.7 Å². The van der Waals surface area contributed by atoms with Crippen LogP contribution in [0.5, 0.6) is 0 Å². The standard InChI is InChI=1S/C12H20F3N/c13-12(14,15)11(8-9-11)16-10-6-4-2-1-3-5-7-10/h10,16H,1-9H2. The Morgan fingerprint density at radius 1 is 0.875 bits per heavy atom. The molecule has 16 heavy (non-hydrogen) atoms. The Morgan fingerprint density at radius 3 is 1.81 bits per heavy atom. The molecule has 2 saturated carbocycles. The molecule has 2 aliphatic carbocycles. The minimum atomic E-state index is -4.06. The molecule has 1 N–H and O–H groups in total. The van der Waals surface area contributed by atoms with Crippen LogP contribution in [0.4, 0.5) is 13.2 Å². The number of hydrogen-bond donors (Lipinski definition) is 1. The molecule has 0 saturated heterocycles. The summed E-state index contributed by atoms with van der Waals surface area (Å²) >= 11 is 0. The third-order valence-corrected chi connectivity index (χ3v) is 3.88. The molecule has 2 aliphatic rings. The molecule has 0 spiro atoms. The molecule has 2 fully saturated rings. The summed E-state index contributed by atoms with van der Waals surface area (Å²) in [4.78, 5) is 0. The van der Waals surface area contributed by atoms with Gasteiger partial charge in [-0.3, -0.25) is 0 Å². The first-order valence-electron chi connectivity index (χ1n) is 6.38. The van der Waals surface area contributed by atoms with Gasteiger partial charge >= 0.3 is 6.18 Å². The molecule has 0 amide bonds. The van der Waals surface area contributed by atoms with Gasteiger partial charge in [-0.15, -0.1) is 0 Å². The Labute approximate surface area is 94.8 Å². The zero-order chi connectivity index (χ0) is 11.6. The van der Waals surface area contributed by atoms with Gasteiger partial charge in [-0.25, -0.2) is 0 Å².